The molecule has 0 saturated carbocycles. The van der Waals surface area contributed by atoms with Gasteiger partial charge >= 0.3 is 6.09 Å². The number of carbonyl (C=O) groups is 1. The fraction of sp³-hybridized carbons (Fsp3) is 0.500. The van der Waals surface area contributed by atoms with Gasteiger partial charge in [0.05, 0.1) is 0 Å². The molecule has 0 aliphatic rings. The minimum absolute atomic E-state index is 0.414. The normalized spacial score (nSPS) is 11.8. The van der Waals surface area contributed by atoms with Crippen molar-refractivity contribution in [1.29, 1.82) is 0 Å². The van der Waals surface area contributed by atoms with Crippen molar-refractivity contribution >= 4 is 12.2 Å². The summed E-state index contributed by atoms with van der Waals surface area (Å²) in [5, 5.41) is 2.64. The van der Waals surface area contributed by atoms with Crippen molar-refractivity contribution in [3.8, 4) is 0 Å². The lowest BCUT2D eigenvalue weighted by molar-refractivity contribution is 0.0534. The number of furan rings is 1. The highest BCUT2D eigenvalue weighted by molar-refractivity contribution is 5.68. The summed E-state index contributed by atoms with van der Waals surface area (Å²) in [7, 11) is 0. The average Bonchev–Trinajstić information content (AvgIpc) is 2.70. The summed E-state index contributed by atoms with van der Waals surface area (Å²) in [4.78, 5) is 11.3. The van der Waals surface area contributed by atoms with E-state index in [4.69, 9.17) is 9.15 Å². The third-order valence-electron chi connectivity index (χ3n) is 2.08. The molecule has 0 spiro atoms. The van der Waals surface area contributed by atoms with Crippen LogP contribution in [-0.4, -0.2) is 18.2 Å². The fourth-order valence-corrected chi connectivity index (χ4v) is 1.31. The zero-order chi connectivity index (χ0) is 13.6. The van der Waals surface area contributed by atoms with Gasteiger partial charge < -0.3 is 14.5 Å². The van der Waals surface area contributed by atoms with Crippen LogP contribution in [0.3, 0.4) is 0 Å². The molecule has 0 aliphatic heterocycles. The molecular weight excluding hydrogens is 230 g/mol. The number of amides is 1. The van der Waals surface area contributed by atoms with E-state index in [2.05, 4.69) is 5.32 Å². The molecule has 0 radical (unpaired) electrons. The number of hydrogen-bond acceptors (Lipinski definition) is 3. The van der Waals surface area contributed by atoms with Crippen LogP contribution in [0.5, 0.6) is 0 Å². The molecule has 18 heavy (non-hydrogen) atoms. The zero-order valence-electron chi connectivity index (χ0n) is 11.4. The Morgan fingerprint density at radius 2 is 2.17 bits per heavy atom. The molecule has 4 nitrogen and oxygen atoms in total. The second kappa shape index (κ2) is 6.28. The number of hydrogen-bond donors (Lipinski definition) is 1. The number of aryl methyl sites for hydroxylation is 1. The molecule has 0 unspecified atom stereocenters. The maximum Gasteiger partial charge on any atom is 0.407 e. The fourth-order valence-electron chi connectivity index (χ4n) is 1.31. The van der Waals surface area contributed by atoms with Gasteiger partial charge in [-0.2, -0.15) is 0 Å². The van der Waals surface area contributed by atoms with Crippen LogP contribution in [-0.2, 0) is 11.2 Å². The van der Waals surface area contributed by atoms with Gasteiger partial charge in [-0.05, 0) is 39.0 Å². The van der Waals surface area contributed by atoms with E-state index < -0.39 is 11.7 Å². The lowest BCUT2D eigenvalue weighted by atomic mass is 10.2. The Labute approximate surface area is 108 Å². The summed E-state index contributed by atoms with van der Waals surface area (Å²) in [6.45, 7) is 7.94. The van der Waals surface area contributed by atoms with Crippen LogP contribution in [0.1, 0.15) is 39.2 Å². The van der Waals surface area contributed by atoms with E-state index in [0.717, 1.165) is 17.9 Å². The molecule has 1 rings (SSSR count). The van der Waals surface area contributed by atoms with Crippen LogP contribution in [0.15, 0.2) is 22.6 Å². The van der Waals surface area contributed by atoms with Crippen LogP contribution < -0.4 is 5.32 Å². The Morgan fingerprint density at radius 1 is 1.44 bits per heavy atom. The smallest absolute Gasteiger partial charge is 0.407 e. The van der Waals surface area contributed by atoms with E-state index in [1.807, 2.05) is 52.0 Å². The predicted octanol–water partition coefficient (Wildman–Crippen LogP) is 3.38. The first-order valence-electron chi connectivity index (χ1n) is 6.13. The molecule has 0 bridgehead atoms. The number of alkyl carbamates (subject to hydrolysis) is 1. The Hall–Kier alpha value is -1.71. The molecule has 1 amide bonds. The maximum atomic E-state index is 11.3. The van der Waals surface area contributed by atoms with Gasteiger partial charge in [-0.15, -0.1) is 0 Å². The maximum absolute atomic E-state index is 11.3. The summed E-state index contributed by atoms with van der Waals surface area (Å²) < 4.78 is 10.6. The van der Waals surface area contributed by atoms with E-state index in [-0.39, 0.29) is 0 Å². The Bertz CT molecular complexity index is 413. The van der Waals surface area contributed by atoms with Crippen LogP contribution >= 0.6 is 0 Å². The van der Waals surface area contributed by atoms with Gasteiger partial charge in [0.15, 0.2) is 0 Å². The molecule has 0 aliphatic carbocycles. The summed E-state index contributed by atoms with van der Waals surface area (Å²) >= 11 is 0. The highest BCUT2D eigenvalue weighted by Crippen LogP contribution is 2.09. The molecule has 100 valence electrons. The van der Waals surface area contributed by atoms with Crippen molar-refractivity contribution < 1.29 is 13.9 Å². The second-order valence-electron chi connectivity index (χ2n) is 4.94. The number of nitrogens with one attached hydrogen (secondary N) is 1. The third kappa shape index (κ3) is 5.57. The van der Waals surface area contributed by atoms with E-state index in [1.165, 1.54) is 0 Å². The van der Waals surface area contributed by atoms with Gasteiger partial charge in [0, 0.05) is 13.0 Å². The van der Waals surface area contributed by atoms with Crippen molar-refractivity contribution in [2.75, 3.05) is 6.54 Å². The third-order valence-corrected chi connectivity index (χ3v) is 2.08. The standard InChI is InChI=1S/C14H21NO3/c1-5-11-8-9-12(17-11)7-6-10-15-13(16)18-14(2,3)4/h6-9H,5,10H2,1-4H3,(H,15,16). The van der Waals surface area contributed by atoms with Crippen LogP contribution in [0.2, 0.25) is 0 Å². The van der Waals surface area contributed by atoms with E-state index in [9.17, 15) is 4.79 Å². The summed E-state index contributed by atoms with van der Waals surface area (Å²) in [5.41, 5.74) is -0.467. The first-order valence-corrected chi connectivity index (χ1v) is 6.13. The molecular formula is C14H21NO3. The highest BCUT2D eigenvalue weighted by atomic mass is 16.6. The molecule has 0 fully saturated rings. The van der Waals surface area contributed by atoms with Gasteiger partial charge in [0.2, 0.25) is 0 Å². The molecule has 1 aromatic heterocycles. The number of carbonyl (C=O) groups excluding carboxylic acids is 1. The van der Waals surface area contributed by atoms with Crippen molar-refractivity contribution in [2.45, 2.75) is 39.7 Å². The first kappa shape index (κ1) is 14.4. The minimum atomic E-state index is -0.467. The molecule has 0 saturated heterocycles. The molecule has 0 atom stereocenters. The SMILES string of the molecule is CCc1ccc(C=CCNC(=O)OC(C)(C)C)o1. The van der Waals surface area contributed by atoms with Crippen LogP contribution in [0.25, 0.3) is 6.08 Å². The average molecular weight is 251 g/mol. The minimum Gasteiger partial charge on any atom is -0.462 e. The van der Waals surface area contributed by atoms with Crippen molar-refractivity contribution in [2.24, 2.45) is 0 Å². The zero-order valence-corrected chi connectivity index (χ0v) is 11.4. The summed E-state index contributed by atoms with van der Waals surface area (Å²) in [5.74, 6) is 1.74. The van der Waals surface area contributed by atoms with Crippen molar-refractivity contribution in [1.82, 2.24) is 5.32 Å². The lowest BCUT2D eigenvalue weighted by Crippen LogP contribution is -2.32. The van der Waals surface area contributed by atoms with Crippen LogP contribution in [0, 0.1) is 0 Å². The number of ether oxygens (including phenoxy) is 1. The number of rotatable bonds is 4. The summed E-state index contributed by atoms with van der Waals surface area (Å²) in [6, 6.07) is 3.85. The molecule has 0 aromatic carbocycles. The second-order valence-corrected chi connectivity index (χ2v) is 4.94. The Kier molecular flexibility index (Phi) is 5.01. The quantitative estimate of drug-likeness (QED) is 0.892. The first-order chi connectivity index (χ1) is 8.40. The van der Waals surface area contributed by atoms with Crippen molar-refractivity contribution in [3.05, 3.63) is 29.7 Å². The van der Waals surface area contributed by atoms with Gasteiger partial charge in [-0.25, -0.2) is 4.79 Å². The highest BCUT2D eigenvalue weighted by Gasteiger charge is 2.14. The topological polar surface area (TPSA) is 51.5 Å². The Morgan fingerprint density at radius 3 is 2.72 bits per heavy atom. The molecule has 1 heterocycles. The van der Waals surface area contributed by atoms with Gasteiger partial charge in [-0.1, -0.05) is 13.0 Å². The van der Waals surface area contributed by atoms with E-state index >= 15 is 0 Å². The Balaban J connectivity index is 2.31. The van der Waals surface area contributed by atoms with Gasteiger partial charge in [-0.3, -0.25) is 0 Å². The van der Waals surface area contributed by atoms with E-state index in [0.29, 0.717) is 6.54 Å². The summed E-state index contributed by atoms with van der Waals surface area (Å²) in [6.07, 6.45) is 4.11. The molecule has 1 N–H and O–H groups in total. The van der Waals surface area contributed by atoms with Crippen molar-refractivity contribution in [3.63, 3.8) is 0 Å². The van der Waals surface area contributed by atoms with Crippen LogP contribution in [0.4, 0.5) is 4.79 Å². The van der Waals surface area contributed by atoms with Gasteiger partial charge in [0.1, 0.15) is 17.1 Å². The largest absolute Gasteiger partial charge is 0.462 e. The molecule has 4 heteroatoms. The lowest BCUT2D eigenvalue weighted by Gasteiger charge is -2.19. The van der Waals surface area contributed by atoms with Gasteiger partial charge in [0.25, 0.3) is 0 Å². The monoisotopic (exact) mass is 251 g/mol. The van der Waals surface area contributed by atoms with E-state index in [1.54, 1.807) is 0 Å². The molecule has 1 aromatic rings. The predicted molar refractivity (Wildman–Crippen MR) is 71.4 cm³/mol.